The lowest BCUT2D eigenvalue weighted by Gasteiger charge is -2.25. The highest BCUT2D eigenvalue weighted by Crippen LogP contribution is 2.18. The molecule has 2 N–H and O–H groups in total. The molecule has 0 bridgehead atoms. The van der Waals surface area contributed by atoms with E-state index in [1.165, 1.54) is 11.3 Å². The van der Waals surface area contributed by atoms with Gasteiger partial charge < -0.3 is 20.1 Å². The fourth-order valence-electron chi connectivity index (χ4n) is 2.75. The Labute approximate surface area is 179 Å². The molecule has 7 heteroatoms. The summed E-state index contributed by atoms with van der Waals surface area (Å²) in [5.74, 6) is 1.94. The number of aromatic nitrogens is 1. The molecule has 27 heavy (non-hydrogen) atoms. The fraction of sp³-hybridized carbons (Fsp3) is 0.500. The Morgan fingerprint density at radius 3 is 2.59 bits per heavy atom. The minimum absolute atomic E-state index is 0. The number of aryl methyl sites for hydroxylation is 1. The summed E-state index contributed by atoms with van der Waals surface area (Å²) < 4.78 is 5.35. The van der Waals surface area contributed by atoms with Crippen molar-refractivity contribution in [2.45, 2.75) is 40.2 Å². The van der Waals surface area contributed by atoms with Crippen LogP contribution in [0.25, 0.3) is 0 Å². The van der Waals surface area contributed by atoms with Gasteiger partial charge in [0, 0.05) is 38.4 Å². The molecule has 1 heterocycles. The van der Waals surface area contributed by atoms with Gasteiger partial charge in [0.15, 0.2) is 11.7 Å². The minimum atomic E-state index is 0. The predicted octanol–water partition coefficient (Wildman–Crippen LogP) is 3.92. The molecule has 0 atom stereocenters. The molecule has 0 aliphatic heterocycles. The number of benzene rings is 1. The van der Waals surface area contributed by atoms with Gasteiger partial charge in [0.25, 0.3) is 0 Å². The molecule has 0 aliphatic rings. The largest absolute Gasteiger partial charge is 0.370 e. The van der Waals surface area contributed by atoms with Crippen molar-refractivity contribution in [1.29, 1.82) is 0 Å². The smallest absolute Gasteiger partial charge is 0.191 e. The molecule has 0 aliphatic carbocycles. The van der Waals surface area contributed by atoms with Gasteiger partial charge in [-0.3, -0.25) is 4.99 Å². The highest BCUT2D eigenvalue weighted by atomic mass is 127. The third kappa shape index (κ3) is 7.04. The average molecular weight is 485 g/mol. The van der Waals surface area contributed by atoms with Crippen LogP contribution in [-0.4, -0.2) is 37.8 Å². The molecule has 0 amide bonds. The van der Waals surface area contributed by atoms with Crippen LogP contribution in [0.1, 0.15) is 43.7 Å². The molecule has 6 nitrogen and oxygen atoms in total. The molecule has 0 radical (unpaired) electrons. The van der Waals surface area contributed by atoms with Gasteiger partial charge in [-0.1, -0.05) is 37.2 Å². The molecule has 2 rings (SSSR count). The normalized spacial score (nSPS) is 11.3. The van der Waals surface area contributed by atoms with E-state index >= 15 is 0 Å². The van der Waals surface area contributed by atoms with E-state index in [9.17, 15) is 0 Å². The molecule has 0 fully saturated rings. The van der Waals surface area contributed by atoms with E-state index in [2.05, 4.69) is 77.6 Å². The summed E-state index contributed by atoms with van der Waals surface area (Å²) in [5.41, 5.74) is 3.55. The van der Waals surface area contributed by atoms with E-state index in [1.807, 2.05) is 6.07 Å². The number of nitrogens with zero attached hydrogens (tertiary/aromatic N) is 3. The van der Waals surface area contributed by atoms with Crippen molar-refractivity contribution in [1.82, 2.24) is 15.8 Å². The predicted molar refractivity (Wildman–Crippen MR) is 123 cm³/mol. The molecule has 150 valence electrons. The van der Waals surface area contributed by atoms with E-state index in [0.29, 0.717) is 12.5 Å². The second-order valence-corrected chi connectivity index (χ2v) is 6.59. The van der Waals surface area contributed by atoms with Crippen LogP contribution >= 0.6 is 24.0 Å². The molecule has 1 aromatic carbocycles. The summed E-state index contributed by atoms with van der Waals surface area (Å²) in [6.45, 7) is 11.8. The van der Waals surface area contributed by atoms with Gasteiger partial charge >= 0.3 is 0 Å². The Morgan fingerprint density at radius 1 is 1.26 bits per heavy atom. The number of para-hydroxylation sites is 1. The SMILES string of the molecule is CCN(CCNC(=NC)NCc1cc(C(C)C)no1)c1ccccc1C.I. The Bertz CT molecular complexity index is 714. The van der Waals surface area contributed by atoms with E-state index in [1.54, 1.807) is 7.05 Å². The Hall–Kier alpha value is -1.77. The number of anilines is 1. The summed E-state index contributed by atoms with van der Waals surface area (Å²) in [6.07, 6.45) is 0. The van der Waals surface area contributed by atoms with Crippen molar-refractivity contribution < 1.29 is 4.52 Å². The number of hydrogen-bond donors (Lipinski definition) is 2. The zero-order valence-corrected chi connectivity index (χ0v) is 19.3. The maximum atomic E-state index is 5.35. The van der Waals surface area contributed by atoms with Crippen LogP contribution in [0.4, 0.5) is 5.69 Å². The molecule has 0 unspecified atom stereocenters. The van der Waals surface area contributed by atoms with Crippen molar-refractivity contribution in [3.8, 4) is 0 Å². The van der Waals surface area contributed by atoms with Gasteiger partial charge in [0.1, 0.15) is 0 Å². The maximum Gasteiger partial charge on any atom is 0.191 e. The lowest BCUT2D eigenvalue weighted by Crippen LogP contribution is -2.41. The Morgan fingerprint density at radius 2 is 2.00 bits per heavy atom. The lowest BCUT2D eigenvalue weighted by atomic mass is 10.1. The minimum Gasteiger partial charge on any atom is -0.370 e. The van der Waals surface area contributed by atoms with Gasteiger partial charge in [-0.25, -0.2) is 0 Å². The van der Waals surface area contributed by atoms with E-state index in [4.69, 9.17) is 4.52 Å². The van der Waals surface area contributed by atoms with Crippen LogP contribution in [0.2, 0.25) is 0 Å². The van der Waals surface area contributed by atoms with Crippen LogP contribution in [0.3, 0.4) is 0 Å². The number of hydrogen-bond acceptors (Lipinski definition) is 4. The zero-order valence-electron chi connectivity index (χ0n) is 17.0. The monoisotopic (exact) mass is 485 g/mol. The van der Waals surface area contributed by atoms with Crippen LogP contribution in [-0.2, 0) is 6.54 Å². The first-order valence-corrected chi connectivity index (χ1v) is 9.25. The van der Waals surface area contributed by atoms with Crippen LogP contribution in [0, 0.1) is 6.92 Å². The molecule has 2 aromatic rings. The zero-order chi connectivity index (χ0) is 18.9. The molecule has 1 aromatic heterocycles. The first-order chi connectivity index (χ1) is 12.5. The molecule has 0 saturated heterocycles. The summed E-state index contributed by atoms with van der Waals surface area (Å²) in [5, 5.41) is 10.7. The summed E-state index contributed by atoms with van der Waals surface area (Å²) in [7, 11) is 1.77. The van der Waals surface area contributed by atoms with Gasteiger partial charge in [-0.15, -0.1) is 24.0 Å². The molecule has 0 saturated carbocycles. The second kappa shape index (κ2) is 11.8. The second-order valence-electron chi connectivity index (χ2n) is 6.59. The van der Waals surface area contributed by atoms with Gasteiger partial charge in [-0.2, -0.15) is 0 Å². The average Bonchev–Trinajstić information content (AvgIpc) is 3.11. The number of guanidine groups is 1. The van der Waals surface area contributed by atoms with Gasteiger partial charge in [0.05, 0.1) is 12.2 Å². The van der Waals surface area contributed by atoms with Crippen molar-refractivity contribution in [3.63, 3.8) is 0 Å². The van der Waals surface area contributed by atoms with Crippen LogP contribution in [0.15, 0.2) is 39.8 Å². The summed E-state index contributed by atoms with van der Waals surface area (Å²) >= 11 is 0. The van der Waals surface area contributed by atoms with Gasteiger partial charge in [-0.05, 0) is 31.4 Å². The van der Waals surface area contributed by atoms with Crippen molar-refractivity contribution >= 4 is 35.6 Å². The maximum absolute atomic E-state index is 5.35. The van der Waals surface area contributed by atoms with Crippen molar-refractivity contribution in [2.75, 3.05) is 31.6 Å². The third-order valence-electron chi connectivity index (χ3n) is 4.33. The molecule has 0 spiro atoms. The highest BCUT2D eigenvalue weighted by Gasteiger charge is 2.09. The third-order valence-corrected chi connectivity index (χ3v) is 4.33. The number of nitrogens with one attached hydrogen (secondary N) is 2. The standard InChI is InChI=1S/C20H31N5O.HI/c1-6-25(19-10-8-7-9-16(19)4)12-11-22-20(21-5)23-14-17-13-18(15(2)3)24-26-17;/h7-10,13,15H,6,11-12,14H2,1-5H3,(H2,21,22,23);1H. The Kier molecular flexibility index (Phi) is 10.2. The quantitative estimate of drug-likeness (QED) is 0.337. The molecular formula is C20H32IN5O. The Balaban J connectivity index is 0.00000364. The molecular weight excluding hydrogens is 453 g/mol. The first kappa shape index (κ1) is 23.3. The fourth-order valence-corrected chi connectivity index (χ4v) is 2.75. The number of aliphatic imine (C=N–C) groups is 1. The number of rotatable bonds is 8. The van der Waals surface area contributed by atoms with E-state index in [0.717, 1.165) is 37.0 Å². The van der Waals surface area contributed by atoms with Crippen LogP contribution in [0.5, 0.6) is 0 Å². The summed E-state index contributed by atoms with van der Waals surface area (Å²) in [4.78, 5) is 6.63. The number of likely N-dealkylation sites (N-methyl/N-ethyl adjacent to an activating group) is 1. The first-order valence-electron chi connectivity index (χ1n) is 9.25. The topological polar surface area (TPSA) is 65.7 Å². The van der Waals surface area contributed by atoms with E-state index in [-0.39, 0.29) is 24.0 Å². The van der Waals surface area contributed by atoms with Crippen LogP contribution < -0.4 is 15.5 Å². The van der Waals surface area contributed by atoms with Crippen molar-refractivity contribution in [3.05, 3.63) is 47.3 Å². The van der Waals surface area contributed by atoms with Crippen molar-refractivity contribution in [2.24, 2.45) is 4.99 Å². The highest BCUT2D eigenvalue weighted by molar-refractivity contribution is 14.0. The summed E-state index contributed by atoms with van der Waals surface area (Å²) in [6, 6.07) is 10.5. The lowest BCUT2D eigenvalue weighted by molar-refractivity contribution is 0.372. The number of halogens is 1. The van der Waals surface area contributed by atoms with Gasteiger partial charge in [0.2, 0.25) is 0 Å². The van der Waals surface area contributed by atoms with E-state index < -0.39 is 0 Å².